The molecule has 0 saturated heterocycles. The summed E-state index contributed by atoms with van der Waals surface area (Å²) in [5, 5.41) is 2.58. The third kappa shape index (κ3) is 3.51. The second-order valence-electron chi connectivity index (χ2n) is 1.97. The number of amides is 1. The zero-order chi connectivity index (χ0) is 9.40. The van der Waals surface area contributed by atoms with E-state index in [0.29, 0.717) is 12.1 Å². The lowest BCUT2D eigenvalue weighted by Crippen LogP contribution is -2.24. The van der Waals surface area contributed by atoms with Gasteiger partial charge in [0, 0.05) is 12.7 Å². The molecule has 0 unspecified atom stereocenters. The van der Waals surface area contributed by atoms with E-state index < -0.39 is 0 Å². The summed E-state index contributed by atoms with van der Waals surface area (Å²) in [4.78, 5) is 14.6. The highest BCUT2D eigenvalue weighted by molar-refractivity contribution is 5.96. The topological polar surface area (TPSA) is 41.5 Å². The number of aliphatic imine (C=N–C) groups is 1. The molecule has 0 aromatic rings. The van der Waals surface area contributed by atoms with Crippen molar-refractivity contribution in [3.8, 4) is 0 Å². The third-order valence-electron chi connectivity index (χ3n) is 1.12. The summed E-state index contributed by atoms with van der Waals surface area (Å²) in [7, 11) is 0. The van der Waals surface area contributed by atoms with Crippen LogP contribution < -0.4 is 5.32 Å². The van der Waals surface area contributed by atoms with Crippen LogP contribution in [-0.2, 0) is 4.79 Å². The molecular formula is C9H12N2O. The minimum atomic E-state index is -0.225. The van der Waals surface area contributed by atoms with Crippen molar-refractivity contribution in [3.05, 3.63) is 37.1 Å². The largest absolute Gasteiger partial charge is 0.349 e. The van der Waals surface area contributed by atoms with Gasteiger partial charge < -0.3 is 5.32 Å². The zero-order valence-electron chi connectivity index (χ0n) is 6.92. The lowest BCUT2D eigenvalue weighted by molar-refractivity contribution is -0.117. The predicted molar refractivity (Wildman–Crippen MR) is 51.0 cm³/mol. The summed E-state index contributed by atoms with van der Waals surface area (Å²) in [5.41, 5.74) is 0.395. The van der Waals surface area contributed by atoms with Crippen LogP contribution in [0.4, 0.5) is 0 Å². The van der Waals surface area contributed by atoms with Crippen LogP contribution in [0.2, 0.25) is 0 Å². The van der Waals surface area contributed by atoms with Crippen LogP contribution in [0, 0.1) is 0 Å². The van der Waals surface area contributed by atoms with E-state index >= 15 is 0 Å². The summed E-state index contributed by atoms with van der Waals surface area (Å²) in [6, 6.07) is 0. The predicted octanol–water partition coefficient (Wildman–Crippen LogP) is 1.06. The first-order valence-corrected chi connectivity index (χ1v) is 3.43. The highest BCUT2D eigenvalue weighted by Crippen LogP contribution is 1.95. The second-order valence-corrected chi connectivity index (χ2v) is 1.97. The molecule has 0 aliphatic carbocycles. The third-order valence-corrected chi connectivity index (χ3v) is 1.12. The highest BCUT2D eigenvalue weighted by atomic mass is 16.1. The lowest BCUT2D eigenvalue weighted by atomic mass is 10.2. The molecule has 0 aromatic heterocycles. The van der Waals surface area contributed by atoms with Gasteiger partial charge in [-0.05, 0) is 6.72 Å². The van der Waals surface area contributed by atoms with Crippen LogP contribution in [0.3, 0.4) is 0 Å². The second kappa shape index (κ2) is 6.09. The van der Waals surface area contributed by atoms with E-state index in [9.17, 15) is 4.79 Å². The van der Waals surface area contributed by atoms with Gasteiger partial charge in [-0.1, -0.05) is 18.7 Å². The van der Waals surface area contributed by atoms with Gasteiger partial charge in [0.1, 0.15) is 0 Å². The van der Waals surface area contributed by atoms with Crippen molar-refractivity contribution in [1.29, 1.82) is 0 Å². The van der Waals surface area contributed by atoms with Crippen molar-refractivity contribution in [2.24, 2.45) is 4.99 Å². The standard InChI is InChI=1S/C9H12N2O/c1-4-6-11-9(12)8(5-2)7-10-3/h4-5,7H,1-3,6H2,(H,11,12)/b8-7+. The number of carbonyl (C=O) groups excluding carboxylic acids is 1. The maximum Gasteiger partial charge on any atom is 0.253 e. The SMILES string of the molecule is C=CCNC(=O)/C(C=C)=C/N=C. The molecule has 0 bridgehead atoms. The van der Waals surface area contributed by atoms with E-state index in [1.807, 2.05) is 0 Å². The Bertz CT molecular complexity index is 229. The van der Waals surface area contributed by atoms with Crippen LogP contribution in [0.15, 0.2) is 42.1 Å². The van der Waals surface area contributed by atoms with Gasteiger partial charge in [-0.15, -0.1) is 6.58 Å². The number of carbonyl (C=O) groups is 1. The van der Waals surface area contributed by atoms with Gasteiger partial charge >= 0.3 is 0 Å². The van der Waals surface area contributed by atoms with Crippen LogP contribution in [0.1, 0.15) is 0 Å². The average molecular weight is 164 g/mol. The summed E-state index contributed by atoms with van der Waals surface area (Å²) >= 11 is 0. The van der Waals surface area contributed by atoms with E-state index in [-0.39, 0.29) is 5.91 Å². The number of nitrogens with one attached hydrogen (secondary N) is 1. The fraction of sp³-hybridized carbons (Fsp3) is 0.111. The van der Waals surface area contributed by atoms with Gasteiger partial charge in [0.2, 0.25) is 0 Å². The smallest absolute Gasteiger partial charge is 0.253 e. The van der Waals surface area contributed by atoms with Crippen molar-refractivity contribution in [1.82, 2.24) is 5.32 Å². The molecule has 0 fully saturated rings. The zero-order valence-corrected chi connectivity index (χ0v) is 6.92. The first-order chi connectivity index (χ1) is 5.76. The Morgan fingerprint density at radius 1 is 1.50 bits per heavy atom. The lowest BCUT2D eigenvalue weighted by Gasteiger charge is -2.00. The molecule has 0 spiro atoms. The maximum atomic E-state index is 11.1. The van der Waals surface area contributed by atoms with Crippen molar-refractivity contribution in [2.75, 3.05) is 6.54 Å². The molecule has 12 heavy (non-hydrogen) atoms. The molecule has 0 heterocycles. The highest BCUT2D eigenvalue weighted by Gasteiger charge is 2.02. The number of rotatable bonds is 5. The molecule has 1 amide bonds. The molecule has 0 aromatic carbocycles. The van der Waals surface area contributed by atoms with Crippen LogP contribution in [0.25, 0.3) is 0 Å². The molecule has 0 rings (SSSR count). The van der Waals surface area contributed by atoms with E-state index in [2.05, 4.69) is 30.2 Å². The molecule has 1 N–H and O–H groups in total. The molecule has 3 heteroatoms. The summed E-state index contributed by atoms with van der Waals surface area (Å²) in [6.07, 6.45) is 4.37. The fourth-order valence-electron chi connectivity index (χ4n) is 0.569. The van der Waals surface area contributed by atoms with E-state index in [0.717, 1.165) is 0 Å². The summed E-state index contributed by atoms with van der Waals surface area (Å²) in [5.74, 6) is -0.225. The number of hydrogen-bond acceptors (Lipinski definition) is 2. The number of nitrogens with zero attached hydrogens (tertiary/aromatic N) is 1. The van der Waals surface area contributed by atoms with Crippen LogP contribution in [-0.4, -0.2) is 19.2 Å². The van der Waals surface area contributed by atoms with Crippen LogP contribution >= 0.6 is 0 Å². The Morgan fingerprint density at radius 2 is 2.17 bits per heavy atom. The Kier molecular flexibility index (Phi) is 5.26. The molecule has 0 radical (unpaired) electrons. The van der Waals surface area contributed by atoms with Crippen molar-refractivity contribution in [3.63, 3.8) is 0 Å². The van der Waals surface area contributed by atoms with Gasteiger partial charge in [-0.3, -0.25) is 9.79 Å². The molecular weight excluding hydrogens is 152 g/mol. The minimum Gasteiger partial charge on any atom is -0.349 e. The van der Waals surface area contributed by atoms with Gasteiger partial charge in [0.05, 0.1) is 5.57 Å². The summed E-state index contributed by atoms with van der Waals surface area (Å²) < 4.78 is 0. The first kappa shape index (κ1) is 10.4. The van der Waals surface area contributed by atoms with Crippen molar-refractivity contribution >= 4 is 12.6 Å². The van der Waals surface area contributed by atoms with Gasteiger partial charge in [0.25, 0.3) is 5.91 Å². The molecule has 0 aliphatic heterocycles. The molecule has 0 atom stereocenters. The van der Waals surface area contributed by atoms with E-state index in [1.165, 1.54) is 12.3 Å². The van der Waals surface area contributed by atoms with E-state index in [1.54, 1.807) is 6.08 Å². The monoisotopic (exact) mass is 164 g/mol. The van der Waals surface area contributed by atoms with Crippen molar-refractivity contribution < 1.29 is 4.79 Å². The average Bonchev–Trinajstić information content (AvgIpc) is 2.10. The van der Waals surface area contributed by atoms with Crippen LogP contribution in [0.5, 0.6) is 0 Å². The quantitative estimate of drug-likeness (QED) is 0.281. The maximum absolute atomic E-state index is 11.1. The van der Waals surface area contributed by atoms with Crippen molar-refractivity contribution in [2.45, 2.75) is 0 Å². The summed E-state index contributed by atoms with van der Waals surface area (Å²) in [6.45, 7) is 10.6. The van der Waals surface area contributed by atoms with Gasteiger partial charge in [-0.2, -0.15) is 0 Å². The molecule has 0 saturated carbocycles. The Hall–Kier alpha value is -1.64. The first-order valence-electron chi connectivity index (χ1n) is 3.43. The molecule has 64 valence electrons. The van der Waals surface area contributed by atoms with Gasteiger partial charge in [-0.25, -0.2) is 0 Å². The Morgan fingerprint density at radius 3 is 2.58 bits per heavy atom. The Balaban J connectivity index is 4.21. The van der Waals surface area contributed by atoms with Gasteiger partial charge in [0.15, 0.2) is 0 Å². The normalized spacial score (nSPS) is 10.2. The van der Waals surface area contributed by atoms with E-state index in [4.69, 9.17) is 0 Å². The Labute approximate surface area is 72.2 Å². The number of hydrogen-bond donors (Lipinski definition) is 1. The molecule has 0 aliphatic rings. The fourth-order valence-corrected chi connectivity index (χ4v) is 0.569. The minimum absolute atomic E-state index is 0.225. The molecule has 3 nitrogen and oxygen atoms in total.